The van der Waals surface area contributed by atoms with E-state index in [-0.39, 0.29) is 18.0 Å². The van der Waals surface area contributed by atoms with Gasteiger partial charge in [0.1, 0.15) is 6.54 Å². The number of aliphatic carboxylic acids is 1. The van der Waals surface area contributed by atoms with Gasteiger partial charge in [-0.05, 0) is 72.5 Å². The molecule has 2 heterocycles. The van der Waals surface area contributed by atoms with Crippen molar-refractivity contribution in [3.05, 3.63) is 94.8 Å². The Morgan fingerprint density at radius 1 is 0.932 bits per heavy atom. The summed E-state index contributed by atoms with van der Waals surface area (Å²) in [7, 11) is 0. The molecule has 1 aromatic heterocycles. The fraction of sp³-hybridized carbons (Fsp3) is 0.394. The van der Waals surface area contributed by atoms with Crippen LogP contribution < -0.4 is 4.90 Å². The van der Waals surface area contributed by atoms with E-state index in [0.717, 1.165) is 66.8 Å². The first kappa shape index (κ1) is 32.7. The molecule has 0 atom stereocenters. The van der Waals surface area contributed by atoms with E-state index in [1.807, 2.05) is 18.3 Å². The van der Waals surface area contributed by atoms with Crippen LogP contribution in [-0.2, 0) is 35.4 Å². The van der Waals surface area contributed by atoms with Gasteiger partial charge in [-0.15, -0.1) is 0 Å². The normalized spacial score (nSPS) is 15.0. The fourth-order valence-electron chi connectivity index (χ4n) is 5.46. The molecule has 0 aliphatic carbocycles. The average Bonchev–Trinajstić information content (AvgIpc) is 2.97. The molecule has 0 saturated carbocycles. The van der Waals surface area contributed by atoms with E-state index in [1.54, 1.807) is 29.3 Å². The number of fused-ring (bicyclic) bond motifs is 1. The van der Waals surface area contributed by atoms with Gasteiger partial charge in [0.15, 0.2) is 0 Å². The van der Waals surface area contributed by atoms with Crippen LogP contribution in [0.3, 0.4) is 0 Å². The lowest BCUT2D eigenvalue weighted by Crippen LogP contribution is -2.36. The number of anilines is 1. The zero-order valence-corrected chi connectivity index (χ0v) is 24.7. The molecular formula is C33H37F3N4O4. The zero-order valence-electron chi connectivity index (χ0n) is 24.7. The number of amides is 2. The first-order valence-electron chi connectivity index (χ1n) is 14.7. The lowest BCUT2D eigenvalue weighted by molar-refractivity contribution is -0.138. The number of carbonyl (C=O) groups is 3. The van der Waals surface area contributed by atoms with E-state index in [9.17, 15) is 32.7 Å². The van der Waals surface area contributed by atoms with E-state index >= 15 is 0 Å². The summed E-state index contributed by atoms with van der Waals surface area (Å²) >= 11 is 0. The number of benzene rings is 2. The highest BCUT2D eigenvalue weighted by Crippen LogP contribution is 2.30. The van der Waals surface area contributed by atoms with Crippen LogP contribution in [0.25, 0.3) is 0 Å². The highest BCUT2D eigenvalue weighted by atomic mass is 19.4. The number of carboxylic acids is 1. The van der Waals surface area contributed by atoms with Gasteiger partial charge < -0.3 is 14.9 Å². The Bertz CT molecular complexity index is 1430. The molecule has 44 heavy (non-hydrogen) atoms. The monoisotopic (exact) mass is 610 g/mol. The molecule has 234 valence electrons. The van der Waals surface area contributed by atoms with Crippen molar-refractivity contribution in [1.82, 2.24) is 14.8 Å². The molecular weight excluding hydrogens is 573 g/mol. The van der Waals surface area contributed by atoms with E-state index in [4.69, 9.17) is 0 Å². The Hall–Kier alpha value is -4.25. The van der Waals surface area contributed by atoms with Gasteiger partial charge in [0, 0.05) is 56.7 Å². The van der Waals surface area contributed by atoms with Crippen LogP contribution in [0.4, 0.5) is 18.9 Å². The minimum absolute atomic E-state index is 0.115. The summed E-state index contributed by atoms with van der Waals surface area (Å²) < 4.78 is 39.1. The Labute approximate surface area is 255 Å². The second-order valence-corrected chi connectivity index (χ2v) is 11.1. The van der Waals surface area contributed by atoms with Gasteiger partial charge in [0.2, 0.25) is 5.91 Å². The Balaban J connectivity index is 1.68. The van der Waals surface area contributed by atoms with Crippen LogP contribution in [-0.4, -0.2) is 57.3 Å². The molecule has 2 amide bonds. The van der Waals surface area contributed by atoms with Gasteiger partial charge in [-0.25, -0.2) is 0 Å². The number of carbonyl (C=O) groups excluding carboxylic acids is 2. The van der Waals surface area contributed by atoms with Crippen molar-refractivity contribution in [3.8, 4) is 0 Å². The van der Waals surface area contributed by atoms with Crippen molar-refractivity contribution in [3.63, 3.8) is 0 Å². The lowest BCUT2D eigenvalue weighted by Gasteiger charge is -2.29. The molecule has 3 aromatic rings. The quantitative estimate of drug-likeness (QED) is 0.345. The molecule has 4 rings (SSSR count). The number of carboxylic acid groups (broad SMARTS) is 1. The van der Waals surface area contributed by atoms with Crippen LogP contribution in [0.2, 0.25) is 0 Å². The van der Waals surface area contributed by atoms with Crippen molar-refractivity contribution in [2.45, 2.75) is 64.8 Å². The summed E-state index contributed by atoms with van der Waals surface area (Å²) in [6, 6.07) is 13.2. The smallest absolute Gasteiger partial charge is 0.416 e. The molecule has 0 bridgehead atoms. The maximum atomic E-state index is 13.7. The van der Waals surface area contributed by atoms with Gasteiger partial charge in [-0.3, -0.25) is 24.3 Å². The van der Waals surface area contributed by atoms with Gasteiger partial charge in [0.25, 0.3) is 5.91 Å². The molecule has 0 unspecified atom stereocenters. The number of aromatic nitrogens is 1. The lowest BCUT2D eigenvalue weighted by atomic mass is 10.0. The van der Waals surface area contributed by atoms with E-state index in [0.29, 0.717) is 30.9 Å². The minimum atomic E-state index is -4.51. The van der Waals surface area contributed by atoms with E-state index < -0.39 is 30.2 Å². The number of pyridine rings is 1. The van der Waals surface area contributed by atoms with Gasteiger partial charge >= 0.3 is 12.1 Å². The van der Waals surface area contributed by atoms with Crippen LogP contribution in [0.15, 0.2) is 67.0 Å². The van der Waals surface area contributed by atoms with Crippen molar-refractivity contribution in [2.75, 3.05) is 24.5 Å². The Kier molecular flexibility index (Phi) is 11.1. The van der Waals surface area contributed by atoms with Gasteiger partial charge in [0.05, 0.1) is 5.56 Å². The number of hydrogen-bond donors (Lipinski definition) is 1. The summed E-state index contributed by atoms with van der Waals surface area (Å²) in [5.41, 5.74) is 2.24. The van der Waals surface area contributed by atoms with Crippen LogP contribution in [0.5, 0.6) is 0 Å². The summed E-state index contributed by atoms with van der Waals surface area (Å²) in [6.45, 7) is 3.08. The minimum Gasteiger partial charge on any atom is -0.480 e. The van der Waals surface area contributed by atoms with Crippen LogP contribution >= 0.6 is 0 Å². The summed E-state index contributed by atoms with van der Waals surface area (Å²) in [5.74, 6) is -1.94. The standard InChI is InChI=1S/C33H37F3N4O4/c1-24(41)40-17-6-4-2-3-5-16-38(20-26-8-7-15-37-19-26)22-28-18-27(11-14-30(28)40)32(44)39(23-31(42)43)21-25-9-12-29(13-10-25)33(34,35)36/h7-15,18-19H,2-6,16-17,20-23H2,1H3,(H,42,43). The van der Waals surface area contributed by atoms with Crippen LogP contribution in [0, 0.1) is 0 Å². The summed E-state index contributed by atoms with van der Waals surface area (Å²) in [4.78, 5) is 47.5. The molecule has 0 saturated heterocycles. The van der Waals surface area contributed by atoms with Crippen molar-refractivity contribution in [1.29, 1.82) is 0 Å². The maximum absolute atomic E-state index is 13.7. The first-order valence-corrected chi connectivity index (χ1v) is 14.7. The molecule has 1 aliphatic rings. The van der Waals surface area contributed by atoms with Gasteiger partial charge in [-0.2, -0.15) is 13.2 Å². The largest absolute Gasteiger partial charge is 0.480 e. The molecule has 0 radical (unpaired) electrons. The highest BCUT2D eigenvalue weighted by Gasteiger charge is 2.30. The van der Waals surface area contributed by atoms with Crippen molar-refractivity contribution >= 4 is 23.5 Å². The number of alkyl halides is 3. The molecule has 0 fully saturated rings. The average molecular weight is 611 g/mol. The second kappa shape index (κ2) is 15.0. The maximum Gasteiger partial charge on any atom is 0.416 e. The predicted molar refractivity (Wildman–Crippen MR) is 160 cm³/mol. The molecule has 0 spiro atoms. The Morgan fingerprint density at radius 3 is 2.27 bits per heavy atom. The number of halogens is 3. The highest BCUT2D eigenvalue weighted by molar-refractivity contribution is 5.98. The molecule has 8 nitrogen and oxygen atoms in total. The number of hydrogen-bond acceptors (Lipinski definition) is 5. The number of rotatable bonds is 7. The fourth-order valence-corrected chi connectivity index (χ4v) is 5.46. The third kappa shape index (κ3) is 9.12. The molecule has 2 aromatic carbocycles. The predicted octanol–water partition coefficient (Wildman–Crippen LogP) is 6.15. The summed E-state index contributed by atoms with van der Waals surface area (Å²) in [5, 5.41) is 9.55. The topological polar surface area (TPSA) is 94.1 Å². The van der Waals surface area contributed by atoms with Crippen molar-refractivity contribution in [2.24, 2.45) is 0 Å². The van der Waals surface area contributed by atoms with E-state index in [1.165, 1.54) is 19.1 Å². The van der Waals surface area contributed by atoms with Crippen molar-refractivity contribution < 1.29 is 32.7 Å². The Morgan fingerprint density at radius 2 is 1.64 bits per heavy atom. The van der Waals surface area contributed by atoms with E-state index in [2.05, 4.69) is 9.88 Å². The third-order valence-electron chi connectivity index (χ3n) is 7.64. The summed E-state index contributed by atoms with van der Waals surface area (Å²) in [6.07, 6.45) is 3.98. The van der Waals surface area contributed by atoms with Crippen LogP contribution in [0.1, 0.15) is 71.6 Å². The molecule has 11 heteroatoms. The number of nitrogens with zero attached hydrogens (tertiary/aromatic N) is 4. The SMILES string of the molecule is CC(=O)N1CCCCCCCN(Cc2cccnc2)Cc2cc(C(=O)N(CC(=O)O)Cc3ccc(C(F)(F)F)cc3)ccc21. The molecule has 1 aliphatic heterocycles. The third-order valence-corrected chi connectivity index (χ3v) is 7.64. The second-order valence-electron chi connectivity index (χ2n) is 11.1. The zero-order chi connectivity index (χ0) is 31.7. The van der Waals surface area contributed by atoms with Gasteiger partial charge in [-0.1, -0.05) is 37.5 Å². The first-order chi connectivity index (χ1) is 21.0. The molecule has 1 N–H and O–H groups in total.